The number of hydrogen-bond acceptors (Lipinski definition) is 5. The van der Waals surface area contributed by atoms with Crippen LogP contribution in [0, 0.1) is 0 Å². The highest BCUT2D eigenvalue weighted by atomic mass is 32.1. The minimum atomic E-state index is -0.254. The SMILES string of the molecule is CCOC(=O)N1CCC(NC(=O)C[NH+](Cc2cccs2)C[C@@H]2CCCO2)CC1. The third-order valence-corrected chi connectivity index (χ3v) is 6.22. The van der Waals surface area contributed by atoms with Crippen molar-refractivity contribution in [1.29, 1.82) is 0 Å². The van der Waals surface area contributed by atoms with Crippen LogP contribution in [0.4, 0.5) is 4.79 Å². The van der Waals surface area contributed by atoms with Crippen molar-refractivity contribution in [1.82, 2.24) is 10.2 Å². The summed E-state index contributed by atoms with van der Waals surface area (Å²) in [5, 5.41) is 5.25. The predicted molar refractivity (Wildman–Crippen MR) is 107 cm³/mol. The van der Waals surface area contributed by atoms with Crippen LogP contribution in [0.15, 0.2) is 17.5 Å². The van der Waals surface area contributed by atoms with E-state index in [2.05, 4.69) is 22.8 Å². The summed E-state index contributed by atoms with van der Waals surface area (Å²) in [6.45, 7) is 6.47. The monoisotopic (exact) mass is 410 g/mol. The molecule has 1 aromatic heterocycles. The zero-order valence-corrected chi connectivity index (χ0v) is 17.5. The number of quaternary nitrogens is 1. The van der Waals surface area contributed by atoms with E-state index in [1.807, 2.05) is 6.92 Å². The van der Waals surface area contributed by atoms with E-state index in [-0.39, 0.29) is 24.1 Å². The Kier molecular flexibility index (Phi) is 8.12. The first-order chi connectivity index (χ1) is 13.6. The topological polar surface area (TPSA) is 72.3 Å². The maximum atomic E-state index is 12.7. The van der Waals surface area contributed by atoms with Gasteiger partial charge in [0.2, 0.25) is 0 Å². The quantitative estimate of drug-likeness (QED) is 0.672. The average Bonchev–Trinajstić information content (AvgIpc) is 3.36. The average molecular weight is 411 g/mol. The molecule has 2 amide bonds. The number of ether oxygens (including phenoxy) is 2. The van der Waals surface area contributed by atoms with Crippen molar-refractivity contribution in [3.63, 3.8) is 0 Å². The molecule has 156 valence electrons. The maximum Gasteiger partial charge on any atom is 0.409 e. The zero-order chi connectivity index (χ0) is 19.8. The molecular weight excluding hydrogens is 378 g/mol. The molecule has 0 radical (unpaired) electrons. The number of amides is 2. The molecule has 2 atom stereocenters. The van der Waals surface area contributed by atoms with Crippen LogP contribution in [0.25, 0.3) is 0 Å². The molecule has 3 rings (SSSR count). The molecule has 0 aromatic carbocycles. The van der Waals surface area contributed by atoms with Crippen LogP contribution in [0.2, 0.25) is 0 Å². The lowest BCUT2D eigenvalue weighted by Crippen LogP contribution is -3.13. The lowest BCUT2D eigenvalue weighted by Gasteiger charge is -2.32. The first-order valence-corrected chi connectivity index (χ1v) is 11.2. The Bertz CT molecular complexity index is 611. The van der Waals surface area contributed by atoms with Crippen molar-refractivity contribution in [2.24, 2.45) is 0 Å². The summed E-state index contributed by atoms with van der Waals surface area (Å²) in [4.78, 5) is 28.7. The number of thiophene rings is 1. The van der Waals surface area contributed by atoms with Gasteiger partial charge in [0.25, 0.3) is 5.91 Å². The largest absolute Gasteiger partial charge is 0.450 e. The summed E-state index contributed by atoms with van der Waals surface area (Å²) < 4.78 is 10.8. The predicted octanol–water partition coefficient (Wildman–Crippen LogP) is 1.05. The van der Waals surface area contributed by atoms with Crippen LogP contribution >= 0.6 is 11.3 Å². The third kappa shape index (κ3) is 6.46. The van der Waals surface area contributed by atoms with Gasteiger partial charge in [-0.3, -0.25) is 4.79 Å². The second-order valence-corrected chi connectivity index (χ2v) is 8.58. The number of nitrogens with one attached hydrogen (secondary N) is 2. The van der Waals surface area contributed by atoms with Crippen LogP contribution < -0.4 is 10.2 Å². The normalized spacial score (nSPS) is 21.5. The molecule has 2 fully saturated rings. The van der Waals surface area contributed by atoms with Gasteiger partial charge in [0, 0.05) is 25.7 Å². The van der Waals surface area contributed by atoms with Crippen LogP contribution in [-0.2, 0) is 20.8 Å². The highest BCUT2D eigenvalue weighted by Gasteiger charge is 2.27. The van der Waals surface area contributed by atoms with E-state index in [1.54, 1.807) is 16.2 Å². The Morgan fingerprint density at radius 3 is 2.82 bits per heavy atom. The number of nitrogens with zero attached hydrogens (tertiary/aromatic N) is 1. The number of rotatable bonds is 8. The Morgan fingerprint density at radius 2 is 2.18 bits per heavy atom. The summed E-state index contributed by atoms with van der Waals surface area (Å²) in [5.74, 6) is 0.0825. The van der Waals surface area contributed by atoms with Crippen LogP contribution in [0.3, 0.4) is 0 Å². The third-order valence-electron chi connectivity index (χ3n) is 5.34. The molecule has 2 saturated heterocycles. The summed E-state index contributed by atoms with van der Waals surface area (Å²) >= 11 is 1.74. The van der Waals surface area contributed by atoms with Gasteiger partial charge in [0.1, 0.15) is 19.2 Å². The van der Waals surface area contributed by atoms with Gasteiger partial charge in [-0.05, 0) is 44.1 Å². The molecule has 1 aromatic rings. The molecule has 2 aliphatic heterocycles. The molecule has 2 aliphatic rings. The molecule has 8 heteroatoms. The number of carbonyl (C=O) groups is 2. The lowest BCUT2D eigenvalue weighted by atomic mass is 10.1. The molecule has 1 unspecified atom stereocenters. The molecule has 3 heterocycles. The van der Waals surface area contributed by atoms with Gasteiger partial charge in [0.15, 0.2) is 6.54 Å². The highest BCUT2D eigenvalue weighted by molar-refractivity contribution is 7.09. The van der Waals surface area contributed by atoms with Gasteiger partial charge in [-0.1, -0.05) is 6.07 Å². The summed E-state index contributed by atoms with van der Waals surface area (Å²) in [7, 11) is 0. The minimum Gasteiger partial charge on any atom is -0.450 e. The van der Waals surface area contributed by atoms with Crippen LogP contribution in [-0.4, -0.2) is 68.4 Å². The van der Waals surface area contributed by atoms with Crippen molar-refractivity contribution in [3.8, 4) is 0 Å². The fourth-order valence-electron chi connectivity index (χ4n) is 3.92. The summed E-state index contributed by atoms with van der Waals surface area (Å²) in [5.41, 5.74) is 0. The zero-order valence-electron chi connectivity index (χ0n) is 16.7. The maximum absolute atomic E-state index is 12.7. The second-order valence-electron chi connectivity index (χ2n) is 7.55. The first-order valence-electron chi connectivity index (χ1n) is 10.3. The van der Waals surface area contributed by atoms with Crippen molar-refractivity contribution in [3.05, 3.63) is 22.4 Å². The molecule has 7 nitrogen and oxygen atoms in total. The van der Waals surface area contributed by atoms with E-state index >= 15 is 0 Å². The molecule has 0 aliphatic carbocycles. The van der Waals surface area contributed by atoms with Crippen LogP contribution in [0.5, 0.6) is 0 Å². The Hall–Kier alpha value is -1.64. The standard InChI is InChI=1S/C20H31N3O4S/c1-2-26-20(25)23-9-7-16(8-10-23)21-19(24)15-22(13-17-5-3-11-27-17)14-18-6-4-12-28-18/h4,6,12,16-17H,2-3,5,7-11,13-15H2,1H3,(H,21,24)/p+1/t17-/m0/s1. The smallest absolute Gasteiger partial charge is 0.409 e. The van der Waals surface area contributed by atoms with Crippen molar-refractivity contribution in [2.45, 2.75) is 51.3 Å². The fraction of sp³-hybridized carbons (Fsp3) is 0.700. The van der Waals surface area contributed by atoms with Crippen molar-refractivity contribution in [2.75, 3.05) is 39.4 Å². The Labute approximate surface area is 171 Å². The van der Waals surface area contributed by atoms with Gasteiger partial charge in [-0.25, -0.2) is 4.79 Å². The lowest BCUT2D eigenvalue weighted by molar-refractivity contribution is -0.908. The van der Waals surface area contributed by atoms with Crippen LogP contribution in [0.1, 0.15) is 37.5 Å². The Morgan fingerprint density at radius 1 is 1.36 bits per heavy atom. The van der Waals surface area contributed by atoms with E-state index in [0.29, 0.717) is 26.2 Å². The summed E-state index contributed by atoms with van der Waals surface area (Å²) in [6.07, 6.45) is 3.75. The molecular formula is C20H32N3O4S+. The van der Waals surface area contributed by atoms with E-state index in [9.17, 15) is 9.59 Å². The van der Waals surface area contributed by atoms with Gasteiger partial charge >= 0.3 is 6.09 Å². The molecule has 0 spiro atoms. The van der Waals surface area contributed by atoms with Gasteiger partial charge < -0.3 is 24.6 Å². The van der Waals surface area contributed by atoms with Crippen molar-refractivity contribution < 1.29 is 24.0 Å². The number of hydrogen-bond donors (Lipinski definition) is 2. The van der Waals surface area contributed by atoms with Gasteiger partial charge in [0.05, 0.1) is 11.5 Å². The van der Waals surface area contributed by atoms with E-state index in [0.717, 1.165) is 45.4 Å². The van der Waals surface area contributed by atoms with Crippen molar-refractivity contribution >= 4 is 23.3 Å². The minimum absolute atomic E-state index is 0.0825. The first kappa shape index (κ1) is 21.1. The number of carbonyl (C=O) groups excluding carboxylic acids is 2. The van der Waals surface area contributed by atoms with Gasteiger partial charge in [-0.15, -0.1) is 11.3 Å². The second kappa shape index (κ2) is 10.8. The number of piperidine rings is 1. The van der Waals surface area contributed by atoms with Gasteiger partial charge in [-0.2, -0.15) is 0 Å². The molecule has 28 heavy (non-hydrogen) atoms. The highest BCUT2D eigenvalue weighted by Crippen LogP contribution is 2.12. The Balaban J connectivity index is 1.45. The molecule has 0 bridgehead atoms. The molecule has 2 N–H and O–H groups in total. The van der Waals surface area contributed by atoms with E-state index in [1.165, 1.54) is 9.78 Å². The van der Waals surface area contributed by atoms with E-state index < -0.39 is 0 Å². The molecule has 0 saturated carbocycles. The van der Waals surface area contributed by atoms with E-state index in [4.69, 9.17) is 9.47 Å². The number of likely N-dealkylation sites (tertiary alicyclic amines) is 1. The fourth-order valence-corrected chi connectivity index (χ4v) is 4.70. The summed E-state index contributed by atoms with van der Waals surface area (Å²) in [6, 6.07) is 4.31.